The summed E-state index contributed by atoms with van der Waals surface area (Å²) in [6, 6.07) is 9.25. The van der Waals surface area contributed by atoms with Gasteiger partial charge in [0.1, 0.15) is 5.58 Å². The number of carbonyl (C=O) groups is 1. The summed E-state index contributed by atoms with van der Waals surface area (Å²) >= 11 is 1.57. The van der Waals surface area contributed by atoms with E-state index in [0.29, 0.717) is 23.1 Å². The number of amides is 1. The molecule has 2 aliphatic rings. The van der Waals surface area contributed by atoms with Crippen molar-refractivity contribution in [3.05, 3.63) is 67.7 Å². The maximum Gasteiger partial charge on any atom is 0.290 e. The van der Waals surface area contributed by atoms with Gasteiger partial charge in [-0.25, -0.2) is 0 Å². The molecular weight excluding hydrogens is 412 g/mol. The fourth-order valence-electron chi connectivity index (χ4n) is 4.55. The highest BCUT2D eigenvalue weighted by Crippen LogP contribution is 2.39. The van der Waals surface area contributed by atoms with Crippen LogP contribution >= 0.6 is 11.3 Å². The zero-order valence-electron chi connectivity index (χ0n) is 17.6. The van der Waals surface area contributed by atoms with E-state index in [0.717, 1.165) is 56.1 Å². The third kappa shape index (κ3) is 3.71. The Labute approximate surface area is 185 Å². The third-order valence-corrected chi connectivity index (χ3v) is 7.15. The first-order valence-electron chi connectivity index (χ1n) is 10.9. The summed E-state index contributed by atoms with van der Waals surface area (Å²) in [4.78, 5) is 32.1. The number of ether oxygens (including phenoxy) is 1. The summed E-state index contributed by atoms with van der Waals surface area (Å²) in [5.74, 6) is 0.0143. The van der Waals surface area contributed by atoms with Gasteiger partial charge in [-0.3, -0.25) is 14.5 Å². The van der Waals surface area contributed by atoms with Crippen LogP contribution in [0.2, 0.25) is 0 Å². The standard InChI is InChI=1S/C24H26N2O4S/c1-2-16-6-7-18-17(15-16)22(27)20-21(19-5-3-14-31-19)26(24(28)23(20)30-18)9-4-8-25-10-12-29-13-11-25/h3,5-7,14-15,21H,2,4,8-13H2,1H3. The minimum atomic E-state index is -0.377. The molecule has 162 valence electrons. The van der Waals surface area contributed by atoms with Crippen LogP contribution < -0.4 is 5.43 Å². The van der Waals surface area contributed by atoms with E-state index in [1.54, 1.807) is 11.3 Å². The van der Waals surface area contributed by atoms with Crippen molar-refractivity contribution in [2.75, 3.05) is 39.4 Å². The van der Waals surface area contributed by atoms with Crippen LogP contribution in [0.5, 0.6) is 0 Å². The third-order valence-electron chi connectivity index (χ3n) is 6.23. The number of hydrogen-bond donors (Lipinski definition) is 0. The van der Waals surface area contributed by atoms with Crippen LogP contribution in [-0.2, 0) is 11.2 Å². The summed E-state index contributed by atoms with van der Waals surface area (Å²) in [7, 11) is 0. The number of carbonyl (C=O) groups excluding carboxylic acids is 1. The fraction of sp³-hybridized carbons (Fsp3) is 0.417. The van der Waals surface area contributed by atoms with E-state index >= 15 is 0 Å². The molecule has 1 saturated heterocycles. The highest BCUT2D eigenvalue weighted by molar-refractivity contribution is 7.10. The molecule has 1 aromatic carbocycles. The number of fused-ring (bicyclic) bond motifs is 2. The van der Waals surface area contributed by atoms with E-state index < -0.39 is 0 Å². The van der Waals surface area contributed by atoms with E-state index in [4.69, 9.17) is 9.15 Å². The monoisotopic (exact) mass is 438 g/mol. The lowest BCUT2D eigenvalue weighted by Crippen LogP contribution is -2.38. The number of aryl methyl sites for hydroxylation is 1. The van der Waals surface area contributed by atoms with E-state index in [2.05, 4.69) is 11.8 Å². The Morgan fingerprint density at radius 3 is 2.71 bits per heavy atom. The van der Waals surface area contributed by atoms with Crippen molar-refractivity contribution < 1.29 is 13.9 Å². The predicted octanol–water partition coefficient (Wildman–Crippen LogP) is 3.68. The van der Waals surface area contributed by atoms with Gasteiger partial charge in [0.15, 0.2) is 5.43 Å². The summed E-state index contributed by atoms with van der Waals surface area (Å²) in [6.07, 6.45) is 1.68. The lowest BCUT2D eigenvalue weighted by atomic mass is 10.0. The van der Waals surface area contributed by atoms with E-state index in [9.17, 15) is 9.59 Å². The normalized spacial score (nSPS) is 19.3. The molecule has 0 saturated carbocycles. The Bertz CT molecular complexity index is 1150. The second kappa shape index (κ2) is 8.57. The van der Waals surface area contributed by atoms with Crippen molar-refractivity contribution in [1.82, 2.24) is 9.80 Å². The first kappa shape index (κ1) is 20.4. The first-order valence-corrected chi connectivity index (χ1v) is 11.8. The number of hydrogen-bond acceptors (Lipinski definition) is 6. The SMILES string of the molecule is CCc1ccc2oc3c(c(=O)c2c1)C(c1cccs1)N(CCCN1CCOCC1)C3=O. The summed E-state index contributed by atoms with van der Waals surface area (Å²) in [6.45, 7) is 6.92. The largest absolute Gasteiger partial charge is 0.450 e. The summed E-state index contributed by atoms with van der Waals surface area (Å²) in [5, 5.41) is 2.55. The number of rotatable bonds is 6. The van der Waals surface area contributed by atoms with Crippen LogP contribution in [-0.4, -0.2) is 55.1 Å². The molecule has 7 heteroatoms. The molecule has 5 rings (SSSR count). The second-order valence-electron chi connectivity index (χ2n) is 8.08. The van der Waals surface area contributed by atoms with Crippen LogP contribution in [0.15, 0.2) is 44.9 Å². The Morgan fingerprint density at radius 1 is 1.13 bits per heavy atom. The number of benzene rings is 1. The Kier molecular flexibility index (Phi) is 5.65. The van der Waals surface area contributed by atoms with Crippen LogP contribution in [0.25, 0.3) is 11.0 Å². The van der Waals surface area contributed by atoms with Gasteiger partial charge in [-0.1, -0.05) is 19.1 Å². The Morgan fingerprint density at radius 2 is 1.97 bits per heavy atom. The lowest BCUT2D eigenvalue weighted by Gasteiger charge is -2.28. The van der Waals surface area contributed by atoms with Crippen molar-refractivity contribution in [2.45, 2.75) is 25.8 Å². The molecular formula is C24H26N2O4S. The van der Waals surface area contributed by atoms with Gasteiger partial charge in [0.25, 0.3) is 5.91 Å². The molecule has 0 N–H and O–H groups in total. The quantitative estimate of drug-likeness (QED) is 0.587. The molecule has 2 aliphatic heterocycles. The highest BCUT2D eigenvalue weighted by atomic mass is 32.1. The van der Waals surface area contributed by atoms with Crippen molar-refractivity contribution in [3.8, 4) is 0 Å². The first-order chi connectivity index (χ1) is 15.2. The molecule has 1 atom stereocenters. The molecule has 2 aromatic heterocycles. The Hall–Kier alpha value is -2.48. The van der Waals surface area contributed by atoms with Gasteiger partial charge < -0.3 is 14.1 Å². The minimum Gasteiger partial charge on any atom is -0.450 e. The molecule has 3 aromatic rings. The zero-order chi connectivity index (χ0) is 21.4. The maximum atomic E-state index is 13.5. The van der Waals surface area contributed by atoms with Crippen molar-refractivity contribution in [2.24, 2.45) is 0 Å². The van der Waals surface area contributed by atoms with Crippen molar-refractivity contribution in [3.63, 3.8) is 0 Å². The van der Waals surface area contributed by atoms with Crippen LogP contribution in [0, 0.1) is 0 Å². The van der Waals surface area contributed by atoms with Gasteiger partial charge in [-0.2, -0.15) is 0 Å². The van der Waals surface area contributed by atoms with Gasteiger partial charge in [0.05, 0.1) is 30.2 Å². The van der Waals surface area contributed by atoms with Crippen LogP contribution in [0.3, 0.4) is 0 Å². The second-order valence-corrected chi connectivity index (χ2v) is 9.06. The zero-order valence-corrected chi connectivity index (χ0v) is 18.5. The van der Waals surface area contributed by atoms with Gasteiger partial charge in [-0.15, -0.1) is 11.3 Å². The number of morpholine rings is 1. The molecule has 0 bridgehead atoms. The van der Waals surface area contributed by atoms with Gasteiger partial charge in [-0.05, 0) is 42.0 Å². The lowest BCUT2D eigenvalue weighted by molar-refractivity contribution is 0.0354. The molecule has 1 amide bonds. The van der Waals surface area contributed by atoms with E-state index in [-0.39, 0.29) is 23.1 Å². The Balaban J connectivity index is 1.51. The molecule has 1 fully saturated rings. The van der Waals surface area contributed by atoms with Gasteiger partial charge >= 0.3 is 0 Å². The highest BCUT2D eigenvalue weighted by Gasteiger charge is 2.42. The molecule has 31 heavy (non-hydrogen) atoms. The molecule has 0 aliphatic carbocycles. The average Bonchev–Trinajstić information content (AvgIpc) is 3.42. The summed E-state index contributed by atoms with van der Waals surface area (Å²) in [5.41, 5.74) is 1.96. The minimum absolute atomic E-state index is 0.0889. The van der Waals surface area contributed by atoms with Crippen molar-refractivity contribution >= 4 is 28.2 Å². The van der Waals surface area contributed by atoms with Crippen LogP contribution in [0.4, 0.5) is 0 Å². The molecule has 0 spiro atoms. The molecule has 6 nitrogen and oxygen atoms in total. The molecule has 4 heterocycles. The van der Waals surface area contributed by atoms with Crippen molar-refractivity contribution in [1.29, 1.82) is 0 Å². The topological polar surface area (TPSA) is 63.0 Å². The number of thiophene rings is 1. The van der Waals surface area contributed by atoms with Gasteiger partial charge in [0, 0.05) is 31.1 Å². The summed E-state index contributed by atoms with van der Waals surface area (Å²) < 4.78 is 11.5. The molecule has 0 radical (unpaired) electrons. The van der Waals surface area contributed by atoms with Crippen LogP contribution in [0.1, 0.15) is 45.9 Å². The predicted molar refractivity (Wildman–Crippen MR) is 121 cm³/mol. The molecule has 1 unspecified atom stereocenters. The average molecular weight is 439 g/mol. The maximum absolute atomic E-state index is 13.5. The van der Waals surface area contributed by atoms with E-state index in [1.807, 2.05) is 40.6 Å². The smallest absolute Gasteiger partial charge is 0.290 e. The van der Waals surface area contributed by atoms with Gasteiger partial charge in [0.2, 0.25) is 5.76 Å². The van der Waals surface area contributed by atoms with E-state index in [1.165, 1.54) is 0 Å². The number of nitrogens with zero attached hydrogens (tertiary/aromatic N) is 2. The fourth-order valence-corrected chi connectivity index (χ4v) is 5.40.